The third-order valence-electron chi connectivity index (χ3n) is 4.06. The molecule has 2 aliphatic rings. The number of ether oxygens (including phenoxy) is 2. The Morgan fingerprint density at radius 3 is 2.78 bits per heavy atom. The number of para-hydroxylation sites is 1. The first-order valence-corrected chi connectivity index (χ1v) is 8.87. The zero-order valence-corrected chi connectivity index (χ0v) is 14.8. The normalized spacial score (nSPS) is 19.8. The maximum absolute atomic E-state index is 12.3. The Bertz CT molecular complexity index is 585. The molecular formula is C17H24N2O3S. The van der Waals surface area contributed by atoms with Gasteiger partial charge in [-0.2, -0.15) is 0 Å². The highest BCUT2D eigenvalue weighted by molar-refractivity contribution is 7.95. The summed E-state index contributed by atoms with van der Waals surface area (Å²) in [5.74, 6) is 1.20. The first-order valence-electron chi connectivity index (χ1n) is 8.14. The van der Waals surface area contributed by atoms with Gasteiger partial charge in [-0.25, -0.2) is 13.4 Å². The van der Waals surface area contributed by atoms with Crippen LogP contribution in [0.1, 0.15) is 38.7 Å². The first-order chi connectivity index (χ1) is 10.9. The summed E-state index contributed by atoms with van der Waals surface area (Å²) in [4.78, 5) is 12.3. The molecule has 0 N–H and O–H groups in total. The van der Waals surface area contributed by atoms with Gasteiger partial charge in [-0.1, -0.05) is 18.6 Å². The molecule has 6 heteroatoms. The Morgan fingerprint density at radius 1 is 1.30 bits per heavy atom. The molecule has 3 rings (SSSR count). The van der Waals surface area contributed by atoms with Crippen LogP contribution in [-0.2, 0) is 6.42 Å². The van der Waals surface area contributed by atoms with E-state index in [1.807, 2.05) is 26.0 Å². The summed E-state index contributed by atoms with van der Waals surface area (Å²) < 4.78 is 15.3. The van der Waals surface area contributed by atoms with Crippen LogP contribution in [0, 0.1) is 0 Å². The maximum atomic E-state index is 12.3. The molecule has 0 aromatic heterocycles. The number of amides is 1. The lowest BCUT2D eigenvalue weighted by molar-refractivity contribution is 0.131. The van der Waals surface area contributed by atoms with Gasteiger partial charge in [0.15, 0.2) is 11.5 Å². The van der Waals surface area contributed by atoms with Crippen molar-refractivity contribution in [1.29, 1.82) is 0 Å². The summed E-state index contributed by atoms with van der Waals surface area (Å²) in [5.41, 5.74) is 0.839. The minimum Gasteiger partial charge on any atom is -0.483 e. The van der Waals surface area contributed by atoms with Gasteiger partial charge in [-0.15, -0.1) is 0 Å². The van der Waals surface area contributed by atoms with Gasteiger partial charge in [0.05, 0.1) is 0 Å². The van der Waals surface area contributed by atoms with Crippen molar-refractivity contribution in [3.8, 4) is 11.5 Å². The van der Waals surface area contributed by atoms with Crippen molar-refractivity contribution in [3.05, 3.63) is 23.8 Å². The van der Waals surface area contributed by atoms with E-state index in [0.29, 0.717) is 11.5 Å². The molecule has 2 aliphatic heterocycles. The van der Waals surface area contributed by atoms with E-state index in [1.54, 1.807) is 17.4 Å². The van der Waals surface area contributed by atoms with Crippen LogP contribution in [0.4, 0.5) is 4.79 Å². The largest absolute Gasteiger partial charge is 0.483 e. The number of hydrogen-bond donors (Lipinski definition) is 0. The number of piperidine rings is 1. The molecule has 0 bridgehead atoms. The number of fused-ring (bicyclic) bond motifs is 1. The van der Waals surface area contributed by atoms with Crippen LogP contribution in [0.3, 0.4) is 0 Å². The van der Waals surface area contributed by atoms with Crippen molar-refractivity contribution in [1.82, 2.24) is 8.61 Å². The fraction of sp³-hybridized carbons (Fsp3) is 0.588. The molecule has 0 spiro atoms. The first kappa shape index (κ1) is 16.5. The molecule has 0 unspecified atom stereocenters. The molecule has 1 aromatic rings. The Balaban J connectivity index is 1.63. The molecule has 1 saturated heterocycles. The second kappa shape index (κ2) is 6.61. The van der Waals surface area contributed by atoms with Crippen LogP contribution in [0.2, 0.25) is 0 Å². The molecule has 1 aromatic carbocycles. The summed E-state index contributed by atoms with van der Waals surface area (Å²) in [6.45, 7) is 6.11. The molecule has 0 radical (unpaired) electrons. The van der Waals surface area contributed by atoms with E-state index < -0.39 is 0 Å². The van der Waals surface area contributed by atoms with Gasteiger partial charge in [0.1, 0.15) is 5.60 Å². The van der Waals surface area contributed by atoms with E-state index in [2.05, 4.69) is 4.31 Å². The van der Waals surface area contributed by atoms with Crippen LogP contribution in [0.15, 0.2) is 18.2 Å². The fourth-order valence-electron chi connectivity index (χ4n) is 2.98. The lowest BCUT2D eigenvalue weighted by Gasteiger charge is -2.28. The van der Waals surface area contributed by atoms with Crippen molar-refractivity contribution < 1.29 is 14.3 Å². The Kier molecular flexibility index (Phi) is 4.73. The molecule has 2 heterocycles. The van der Waals surface area contributed by atoms with Crippen molar-refractivity contribution in [2.24, 2.45) is 0 Å². The highest BCUT2D eigenvalue weighted by Gasteiger charge is 2.33. The molecule has 0 saturated carbocycles. The average molecular weight is 336 g/mol. The van der Waals surface area contributed by atoms with Gasteiger partial charge in [-0.05, 0) is 32.8 Å². The van der Waals surface area contributed by atoms with E-state index >= 15 is 0 Å². The number of carbonyl (C=O) groups excluding carboxylic acids is 1. The topological polar surface area (TPSA) is 42.0 Å². The quantitative estimate of drug-likeness (QED) is 0.784. The van der Waals surface area contributed by atoms with E-state index in [-0.39, 0.29) is 11.7 Å². The van der Waals surface area contributed by atoms with Gasteiger partial charge < -0.3 is 9.47 Å². The van der Waals surface area contributed by atoms with Gasteiger partial charge in [0.25, 0.3) is 0 Å². The van der Waals surface area contributed by atoms with Crippen LogP contribution < -0.4 is 9.47 Å². The minimum atomic E-state index is -0.373. The predicted molar refractivity (Wildman–Crippen MR) is 91.7 cm³/mol. The number of benzene rings is 1. The standard InChI is InChI=1S/C17H24N2O3S/c1-17(2)12-13-8-7-9-14(15(13)22-17)21-16(20)18(3)23-19-10-5-4-6-11-19/h7-9H,4-6,10-12H2,1-3H3. The molecule has 0 aliphatic carbocycles. The zero-order chi connectivity index (χ0) is 16.4. The number of nitrogens with zero attached hydrogens (tertiary/aromatic N) is 2. The molecule has 126 valence electrons. The van der Waals surface area contributed by atoms with Crippen molar-refractivity contribution in [2.75, 3.05) is 20.1 Å². The highest BCUT2D eigenvalue weighted by atomic mass is 32.2. The highest BCUT2D eigenvalue weighted by Crippen LogP contribution is 2.42. The molecule has 0 atom stereocenters. The molecule has 23 heavy (non-hydrogen) atoms. The van der Waals surface area contributed by atoms with Gasteiger partial charge in [0, 0.05) is 44.3 Å². The summed E-state index contributed by atoms with van der Waals surface area (Å²) >= 11 is 1.43. The van der Waals surface area contributed by atoms with E-state index in [9.17, 15) is 4.79 Å². The average Bonchev–Trinajstić information content (AvgIpc) is 2.83. The Labute approximate surface area is 142 Å². The Hall–Kier alpha value is -1.40. The van der Waals surface area contributed by atoms with Gasteiger partial charge >= 0.3 is 6.09 Å². The number of carbonyl (C=O) groups is 1. The number of rotatable bonds is 3. The lowest BCUT2D eigenvalue weighted by Crippen LogP contribution is -2.32. The third kappa shape index (κ3) is 3.93. The summed E-state index contributed by atoms with van der Waals surface area (Å²) in [6.07, 6.45) is 4.10. The summed E-state index contributed by atoms with van der Waals surface area (Å²) in [6, 6.07) is 5.72. The summed E-state index contributed by atoms with van der Waals surface area (Å²) in [5, 5.41) is 0. The smallest absolute Gasteiger partial charge is 0.426 e. The van der Waals surface area contributed by atoms with Crippen LogP contribution in [-0.4, -0.2) is 40.4 Å². The molecule has 1 fully saturated rings. The van der Waals surface area contributed by atoms with Crippen molar-refractivity contribution in [3.63, 3.8) is 0 Å². The SMILES string of the molecule is CN(SN1CCCCC1)C(=O)Oc1cccc2c1OC(C)(C)C2. The predicted octanol–water partition coefficient (Wildman–Crippen LogP) is 3.88. The maximum Gasteiger partial charge on any atom is 0.426 e. The van der Waals surface area contributed by atoms with E-state index in [4.69, 9.17) is 9.47 Å². The second-order valence-corrected chi connectivity index (χ2v) is 7.95. The molecule has 1 amide bonds. The second-order valence-electron chi connectivity index (χ2n) is 6.72. The summed E-state index contributed by atoms with van der Waals surface area (Å²) in [7, 11) is 1.75. The van der Waals surface area contributed by atoms with Gasteiger partial charge in [-0.3, -0.25) is 0 Å². The zero-order valence-electron chi connectivity index (χ0n) is 14.0. The Morgan fingerprint density at radius 2 is 2.04 bits per heavy atom. The number of hydrogen-bond acceptors (Lipinski definition) is 5. The fourth-order valence-corrected chi connectivity index (χ4v) is 3.85. The van der Waals surface area contributed by atoms with Crippen LogP contribution in [0.5, 0.6) is 11.5 Å². The van der Waals surface area contributed by atoms with Crippen molar-refractivity contribution >= 4 is 18.2 Å². The van der Waals surface area contributed by atoms with Crippen molar-refractivity contribution in [2.45, 2.75) is 45.1 Å². The minimum absolute atomic E-state index is 0.251. The third-order valence-corrected chi connectivity index (χ3v) is 5.05. The molecule has 5 nitrogen and oxygen atoms in total. The molecular weight excluding hydrogens is 312 g/mol. The monoisotopic (exact) mass is 336 g/mol. The van der Waals surface area contributed by atoms with E-state index in [1.165, 1.54) is 31.4 Å². The van der Waals surface area contributed by atoms with Gasteiger partial charge in [0.2, 0.25) is 0 Å². The van der Waals surface area contributed by atoms with E-state index in [0.717, 1.165) is 25.1 Å². The lowest BCUT2D eigenvalue weighted by atomic mass is 10.0. The van der Waals surface area contributed by atoms with Crippen LogP contribution >= 0.6 is 12.1 Å². The van der Waals surface area contributed by atoms with Crippen LogP contribution in [0.25, 0.3) is 0 Å².